The molecule has 0 aliphatic carbocycles. The molecule has 5 heteroatoms. The minimum Gasteiger partial charge on any atom is -0.365 e. The summed E-state index contributed by atoms with van der Waals surface area (Å²) >= 11 is 1.49. The van der Waals surface area contributed by atoms with Crippen molar-refractivity contribution in [2.75, 3.05) is 23.8 Å². The van der Waals surface area contributed by atoms with Crippen molar-refractivity contribution >= 4 is 38.3 Å². The number of fused-ring (bicyclic) bond motifs is 1. The molecular formula is C16H15N3OS. The molecule has 1 N–H and O–H groups in total. The predicted molar refractivity (Wildman–Crippen MR) is 88.0 cm³/mol. The number of carbonyl (C=O) groups excluding carboxylic acids is 1. The van der Waals surface area contributed by atoms with E-state index in [1.54, 1.807) is 0 Å². The third-order valence-electron chi connectivity index (χ3n) is 3.12. The van der Waals surface area contributed by atoms with Crippen LogP contribution in [0.5, 0.6) is 0 Å². The van der Waals surface area contributed by atoms with Gasteiger partial charge in [-0.15, -0.1) is 0 Å². The standard InChI is InChI=1S/C16H15N3OS/c1-19(12-7-3-2-4-8-12)11-15(20)18-16-17-13-9-5-6-10-14(13)21-16/h2-10H,11H2,1H3,(H,17,18,20). The van der Waals surface area contributed by atoms with Gasteiger partial charge in [-0.25, -0.2) is 4.98 Å². The van der Waals surface area contributed by atoms with Crippen molar-refractivity contribution in [1.29, 1.82) is 0 Å². The highest BCUT2D eigenvalue weighted by Crippen LogP contribution is 2.25. The van der Waals surface area contributed by atoms with Crippen LogP contribution in [0.15, 0.2) is 54.6 Å². The van der Waals surface area contributed by atoms with Gasteiger partial charge in [-0.3, -0.25) is 4.79 Å². The summed E-state index contributed by atoms with van der Waals surface area (Å²) in [6.07, 6.45) is 0. The first-order valence-corrected chi connectivity index (χ1v) is 7.45. The van der Waals surface area contributed by atoms with Crippen LogP contribution in [0.3, 0.4) is 0 Å². The number of nitrogens with one attached hydrogen (secondary N) is 1. The Kier molecular flexibility index (Phi) is 3.83. The highest BCUT2D eigenvalue weighted by molar-refractivity contribution is 7.22. The summed E-state index contributed by atoms with van der Waals surface area (Å²) in [7, 11) is 1.90. The van der Waals surface area contributed by atoms with E-state index >= 15 is 0 Å². The second-order valence-corrected chi connectivity index (χ2v) is 5.76. The van der Waals surface area contributed by atoms with Crippen LogP contribution in [0.25, 0.3) is 10.2 Å². The quantitative estimate of drug-likeness (QED) is 0.803. The van der Waals surface area contributed by atoms with E-state index in [-0.39, 0.29) is 5.91 Å². The SMILES string of the molecule is CN(CC(=O)Nc1nc2ccccc2s1)c1ccccc1. The lowest BCUT2D eigenvalue weighted by molar-refractivity contribution is -0.114. The molecule has 0 atom stereocenters. The summed E-state index contributed by atoms with van der Waals surface area (Å²) < 4.78 is 1.07. The number of amides is 1. The lowest BCUT2D eigenvalue weighted by Gasteiger charge is -2.17. The smallest absolute Gasteiger partial charge is 0.245 e. The summed E-state index contributed by atoms with van der Waals surface area (Å²) in [6.45, 7) is 0.292. The van der Waals surface area contributed by atoms with Gasteiger partial charge < -0.3 is 10.2 Å². The number of hydrogen-bond acceptors (Lipinski definition) is 4. The second-order valence-electron chi connectivity index (χ2n) is 4.73. The molecular weight excluding hydrogens is 282 g/mol. The van der Waals surface area contributed by atoms with Crippen LogP contribution >= 0.6 is 11.3 Å². The topological polar surface area (TPSA) is 45.2 Å². The maximum Gasteiger partial charge on any atom is 0.245 e. The number of thiazole rings is 1. The summed E-state index contributed by atoms with van der Waals surface area (Å²) in [5.41, 5.74) is 1.92. The Balaban J connectivity index is 1.66. The zero-order valence-corrected chi connectivity index (χ0v) is 12.4. The molecule has 4 nitrogen and oxygen atoms in total. The first-order valence-electron chi connectivity index (χ1n) is 6.64. The van der Waals surface area contributed by atoms with Gasteiger partial charge in [-0.2, -0.15) is 0 Å². The largest absolute Gasteiger partial charge is 0.365 e. The molecule has 2 aromatic carbocycles. The Bertz CT molecular complexity index is 721. The number of para-hydroxylation sites is 2. The molecule has 1 amide bonds. The van der Waals surface area contributed by atoms with E-state index in [0.717, 1.165) is 15.9 Å². The lowest BCUT2D eigenvalue weighted by Crippen LogP contribution is -2.29. The number of aromatic nitrogens is 1. The Morgan fingerprint density at radius 2 is 1.86 bits per heavy atom. The molecule has 21 heavy (non-hydrogen) atoms. The second kappa shape index (κ2) is 5.93. The molecule has 0 unspecified atom stereocenters. The average molecular weight is 297 g/mol. The number of hydrogen-bond donors (Lipinski definition) is 1. The van der Waals surface area contributed by atoms with Crippen LogP contribution in [0, 0.1) is 0 Å². The number of benzene rings is 2. The van der Waals surface area contributed by atoms with Crippen molar-refractivity contribution in [3.63, 3.8) is 0 Å². The van der Waals surface area contributed by atoms with E-state index in [4.69, 9.17) is 0 Å². The summed E-state index contributed by atoms with van der Waals surface area (Å²) in [5.74, 6) is -0.0691. The van der Waals surface area contributed by atoms with E-state index in [0.29, 0.717) is 11.7 Å². The van der Waals surface area contributed by atoms with Gasteiger partial charge in [0.2, 0.25) is 5.91 Å². The molecule has 1 heterocycles. The molecule has 106 valence electrons. The fourth-order valence-corrected chi connectivity index (χ4v) is 2.96. The Morgan fingerprint density at radius 3 is 2.62 bits per heavy atom. The summed E-state index contributed by atoms with van der Waals surface area (Å²) in [5, 5.41) is 3.50. The lowest BCUT2D eigenvalue weighted by atomic mass is 10.3. The normalized spacial score (nSPS) is 10.5. The average Bonchev–Trinajstić information content (AvgIpc) is 2.90. The van der Waals surface area contributed by atoms with Gasteiger partial charge in [0.15, 0.2) is 5.13 Å². The number of anilines is 2. The number of rotatable bonds is 4. The van der Waals surface area contributed by atoms with Gasteiger partial charge in [-0.1, -0.05) is 41.7 Å². The van der Waals surface area contributed by atoms with Gasteiger partial charge in [0, 0.05) is 12.7 Å². The van der Waals surface area contributed by atoms with E-state index in [2.05, 4.69) is 10.3 Å². The molecule has 0 bridgehead atoms. The maximum atomic E-state index is 12.1. The molecule has 0 spiro atoms. The fourth-order valence-electron chi connectivity index (χ4n) is 2.07. The van der Waals surface area contributed by atoms with Gasteiger partial charge >= 0.3 is 0 Å². The molecule has 0 aliphatic heterocycles. The minimum absolute atomic E-state index is 0.0691. The first kappa shape index (κ1) is 13.6. The predicted octanol–water partition coefficient (Wildman–Crippen LogP) is 3.37. The van der Waals surface area contributed by atoms with Gasteiger partial charge in [-0.05, 0) is 24.3 Å². The van der Waals surface area contributed by atoms with Crippen LogP contribution in [-0.2, 0) is 4.79 Å². The minimum atomic E-state index is -0.0691. The van der Waals surface area contributed by atoms with E-state index in [1.807, 2.05) is 66.5 Å². The molecule has 0 saturated carbocycles. The van der Waals surface area contributed by atoms with Gasteiger partial charge in [0.05, 0.1) is 16.8 Å². The Morgan fingerprint density at radius 1 is 1.14 bits per heavy atom. The fraction of sp³-hybridized carbons (Fsp3) is 0.125. The van der Waals surface area contributed by atoms with Crippen LogP contribution in [-0.4, -0.2) is 24.5 Å². The highest BCUT2D eigenvalue weighted by atomic mass is 32.1. The Labute approximate surface area is 127 Å². The molecule has 0 radical (unpaired) electrons. The van der Waals surface area contributed by atoms with Crippen molar-refractivity contribution in [1.82, 2.24) is 4.98 Å². The van der Waals surface area contributed by atoms with Crippen LogP contribution < -0.4 is 10.2 Å². The van der Waals surface area contributed by atoms with Crippen LogP contribution in [0.1, 0.15) is 0 Å². The van der Waals surface area contributed by atoms with Gasteiger partial charge in [0.1, 0.15) is 0 Å². The molecule has 0 fully saturated rings. The van der Waals surface area contributed by atoms with Crippen LogP contribution in [0.2, 0.25) is 0 Å². The zero-order valence-electron chi connectivity index (χ0n) is 11.6. The van der Waals surface area contributed by atoms with Crippen molar-refractivity contribution in [3.8, 4) is 0 Å². The molecule has 3 aromatic rings. The first-order chi connectivity index (χ1) is 10.2. The Hall–Kier alpha value is -2.40. The van der Waals surface area contributed by atoms with E-state index < -0.39 is 0 Å². The molecule has 1 aromatic heterocycles. The zero-order chi connectivity index (χ0) is 14.7. The van der Waals surface area contributed by atoms with Crippen LogP contribution in [0.4, 0.5) is 10.8 Å². The monoisotopic (exact) mass is 297 g/mol. The van der Waals surface area contributed by atoms with Gasteiger partial charge in [0.25, 0.3) is 0 Å². The summed E-state index contributed by atoms with van der Waals surface area (Å²) in [4.78, 5) is 18.4. The highest BCUT2D eigenvalue weighted by Gasteiger charge is 2.10. The number of likely N-dealkylation sites (N-methyl/N-ethyl adjacent to an activating group) is 1. The van der Waals surface area contributed by atoms with Crippen molar-refractivity contribution in [3.05, 3.63) is 54.6 Å². The van der Waals surface area contributed by atoms with E-state index in [9.17, 15) is 4.79 Å². The number of carbonyl (C=O) groups is 1. The maximum absolute atomic E-state index is 12.1. The molecule has 0 aliphatic rings. The van der Waals surface area contributed by atoms with Crippen molar-refractivity contribution < 1.29 is 4.79 Å². The van der Waals surface area contributed by atoms with E-state index in [1.165, 1.54) is 11.3 Å². The van der Waals surface area contributed by atoms with Crippen molar-refractivity contribution in [2.45, 2.75) is 0 Å². The molecule has 3 rings (SSSR count). The third kappa shape index (κ3) is 3.20. The number of nitrogens with zero attached hydrogens (tertiary/aromatic N) is 2. The van der Waals surface area contributed by atoms with Crippen molar-refractivity contribution in [2.24, 2.45) is 0 Å². The summed E-state index contributed by atoms with van der Waals surface area (Å²) in [6, 6.07) is 17.7. The third-order valence-corrected chi connectivity index (χ3v) is 4.07. The molecule has 0 saturated heterocycles.